The highest BCUT2D eigenvalue weighted by atomic mass is 16.5. The zero-order valence-corrected chi connectivity index (χ0v) is 11.7. The Morgan fingerprint density at radius 1 is 1.30 bits per heavy atom. The first-order valence-electron chi connectivity index (χ1n) is 6.35. The van der Waals surface area contributed by atoms with Gasteiger partial charge in [-0.05, 0) is 30.7 Å². The van der Waals surface area contributed by atoms with E-state index in [-0.39, 0.29) is 24.5 Å². The molecule has 0 saturated heterocycles. The summed E-state index contributed by atoms with van der Waals surface area (Å²) in [5.41, 5.74) is 1.12. The van der Waals surface area contributed by atoms with Gasteiger partial charge < -0.3 is 20.5 Å². The monoisotopic (exact) mass is 280 g/mol. The van der Waals surface area contributed by atoms with E-state index in [0.29, 0.717) is 24.3 Å². The average Bonchev–Trinajstić information content (AvgIpc) is 2.39. The first-order valence-corrected chi connectivity index (χ1v) is 6.35. The summed E-state index contributed by atoms with van der Waals surface area (Å²) in [4.78, 5) is 22.9. The molecular formula is C14H20N2O4. The molecule has 0 saturated carbocycles. The van der Waals surface area contributed by atoms with E-state index in [4.69, 9.17) is 9.84 Å². The molecule has 0 aliphatic carbocycles. The second-order valence-electron chi connectivity index (χ2n) is 4.40. The molecule has 1 atom stereocenters. The molecule has 1 rings (SSSR count). The number of rotatable bonds is 7. The van der Waals surface area contributed by atoms with Crippen LogP contribution >= 0.6 is 0 Å². The fourth-order valence-corrected chi connectivity index (χ4v) is 1.73. The van der Waals surface area contributed by atoms with Gasteiger partial charge in [-0.3, -0.25) is 9.59 Å². The van der Waals surface area contributed by atoms with Crippen molar-refractivity contribution in [2.45, 2.75) is 19.4 Å². The number of carbonyl (C=O) groups excluding carboxylic acids is 2. The Kier molecular flexibility index (Phi) is 6.69. The van der Waals surface area contributed by atoms with Crippen molar-refractivity contribution in [2.24, 2.45) is 0 Å². The zero-order valence-electron chi connectivity index (χ0n) is 11.7. The van der Waals surface area contributed by atoms with E-state index in [1.807, 2.05) is 0 Å². The first kappa shape index (κ1) is 16.1. The van der Waals surface area contributed by atoms with E-state index in [1.54, 1.807) is 31.4 Å². The smallest absolute Gasteiger partial charge is 0.251 e. The number of hydrogen-bond acceptors (Lipinski definition) is 4. The van der Waals surface area contributed by atoms with Crippen LogP contribution in [0, 0.1) is 0 Å². The molecule has 1 aromatic carbocycles. The van der Waals surface area contributed by atoms with Gasteiger partial charge in [0.25, 0.3) is 5.91 Å². The SMILES string of the molecule is COCC(CCO)NC(=O)c1ccc(NC(C)=O)cc1. The highest BCUT2D eigenvalue weighted by Crippen LogP contribution is 2.09. The molecule has 6 nitrogen and oxygen atoms in total. The molecule has 0 aromatic heterocycles. The van der Waals surface area contributed by atoms with Gasteiger partial charge in [-0.25, -0.2) is 0 Å². The molecule has 0 heterocycles. The van der Waals surface area contributed by atoms with Crippen LogP contribution in [0.1, 0.15) is 23.7 Å². The number of aliphatic hydroxyl groups excluding tert-OH is 1. The van der Waals surface area contributed by atoms with Crippen LogP contribution in [0.15, 0.2) is 24.3 Å². The normalized spacial score (nSPS) is 11.8. The lowest BCUT2D eigenvalue weighted by Crippen LogP contribution is -2.38. The van der Waals surface area contributed by atoms with E-state index < -0.39 is 0 Å². The lowest BCUT2D eigenvalue weighted by molar-refractivity contribution is -0.114. The topological polar surface area (TPSA) is 87.7 Å². The van der Waals surface area contributed by atoms with Gasteiger partial charge >= 0.3 is 0 Å². The third-order valence-corrected chi connectivity index (χ3v) is 2.65. The van der Waals surface area contributed by atoms with Crippen molar-refractivity contribution >= 4 is 17.5 Å². The van der Waals surface area contributed by atoms with E-state index in [9.17, 15) is 9.59 Å². The van der Waals surface area contributed by atoms with Gasteiger partial charge in [0.2, 0.25) is 5.91 Å². The third-order valence-electron chi connectivity index (χ3n) is 2.65. The predicted octanol–water partition coefficient (Wildman–Crippen LogP) is 0.772. The maximum absolute atomic E-state index is 12.0. The number of anilines is 1. The fraction of sp³-hybridized carbons (Fsp3) is 0.429. The van der Waals surface area contributed by atoms with Crippen LogP contribution in [0.25, 0.3) is 0 Å². The van der Waals surface area contributed by atoms with Crippen molar-refractivity contribution in [3.8, 4) is 0 Å². The van der Waals surface area contributed by atoms with Crippen LogP contribution in [0.5, 0.6) is 0 Å². The van der Waals surface area contributed by atoms with Crippen LogP contribution in [-0.4, -0.2) is 43.3 Å². The molecule has 0 aliphatic heterocycles. The standard InChI is InChI=1S/C14H20N2O4/c1-10(18)15-12-5-3-11(4-6-12)14(19)16-13(7-8-17)9-20-2/h3-6,13,17H,7-9H2,1-2H3,(H,15,18)(H,16,19). The van der Waals surface area contributed by atoms with Gasteiger partial charge in [0.05, 0.1) is 12.6 Å². The summed E-state index contributed by atoms with van der Waals surface area (Å²) in [7, 11) is 1.54. The third kappa shape index (κ3) is 5.38. The summed E-state index contributed by atoms with van der Waals surface area (Å²) < 4.78 is 4.98. The number of amides is 2. The Hall–Kier alpha value is -1.92. The second kappa shape index (κ2) is 8.29. The molecule has 20 heavy (non-hydrogen) atoms. The molecule has 0 radical (unpaired) electrons. The molecule has 1 aromatic rings. The van der Waals surface area contributed by atoms with Crippen LogP contribution in [0.2, 0.25) is 0 Å². The highest BCUT2D eigenvalue weighted by molar-refractivity contribution is 5.95. The molecule has 0 spiro atoms. The summed E-state index contributed by atoms with van der Waals surface area (Å²) in [5, 5.41) is 14.3. The molecule has 2 amide bonds. The Morgan fingerprint density at radius 3 is 2.45 bits per heavy atom. The number of methoxy groups -OCH3 is 1. The van der Waals surface area contributed by atoms with E-state index in [1.165, 1.54) is 6.92 Å². The number of carbonyl (C=O) groups is 2. The second-order valence-corrected chi connectivity index (χ2v) is 4.40. The molecule has 6 heteroatoms. The minimum Gasteiger partial charge on any atom is -0.396 e. The number of hydrogen-bond donors (Lipinski definition) is 3. The van der Waals surface area contributed by atoms with Crippen molar-refractivity contribution in [1.82, 2.24) is 5.32 Å². The number of nitrogens with one attached hydrogen (secondary N) is 2. The number of benzene rings is 1. The summed E-state index contributed by atoms with van der Waals surface area (Å²) >= 11 is 0. The number of ether oxygens (including phenoxy) is 1. The Morgan fingerprint density at radius 2 is 1.95 bits per heavy atom. The van der Waals surface area contributed by atoms with E-state index in [2.05, 4.69) is 10.6 Å². The zero-order chi connectivity index (χ0) is 15.0. The average molecular weight is 280 g/mol. The molecule has 3 N–H and O–H groups in total. The van der Waals surface area contributed by atoms with Crippen LogP contribution in [0.3, 0.4) is 0 Å². The van der Waals surface area contributed by atoms with Crippen molar-refractivity contribution < 1.29 is 19.4 Å². The van der Waals surface area contributed by atoms with E-state index >= 15 is 0 Å². The van der Waals surface area contributed by atoms with Crippen LogP contribution in [-0.2, 0) is 9.53 Å². The molecule has 110 valence electrons. The predicted molar refractivity (Wildman–Crippen MR) is 75.6 cm³/mol. The quantitative estimate of drug-likeness (QED) is 0.688. The van der Waals surface area contributed by atoms with Gasteiger partial charge in [0, 0.05) is 31.9 Å². The molecule has 0 fully saturated rings. The van der Waals surface area contributed by atoms with Crippen molar-refractivity contribution in [1.29, 1.82) is 0 Å². The minimum absolute atomic E-state index is 0.0181. The maximum atomic E-state index is 12.0. The summed E-state index contributed by atoms with van der Waals surface area (Å²) in [6, 6.07) is 6.35. The highest BCUT2D eigenvalue weighted by Gasteiger charge is 2.13. The van der Waals surface area contributed by atoms with Crippen LogP contribution in [0.4, 0.5) is 5.69 Å². The van der Waals surface area contributed by atoms with Gasteiger partial charge in [-0.15, -0.1) is 0 Å². The van der Waals surface area contributed by atoms with Gasteiger partial charge in [-0.2, -0.15) is 0 Å². The summed E-state index contributed by atoms with van der Waals surface area (Å²) in [5.74, 6) is -0.403. The Balaban J connectivity index is 2.64. The first-order chi connectivity index (χ1) is 9.56. The van der Waals surface area contributed by atoms with Gasteiger partial charge in [0.15, 0.2) is 0 Å². The summed E-state index contributed by atoms with van der Waals surface area (Å²) in [6.45, 7) is 1.75. The fourth-order valence-electron chi connectivity index (χ4n) is 1.73. The largest absolute Gasteiger partial charge is 0.396 e. The number of aliphatic hydroxyl groups is 1. The lowest BCUT2D eigenvalue weighted by Gasteiger charge is -2.16. The Labute approximate surface area is 118 Å². The van der Waals surface area contributed by atoms with Gasteiger partial charge in [-0.1, -0.05) is 0 Å². The molecule has 0 aliphatic rings. The Bertz CT molecular complexity index is 439. The van der Waals surface area contributed by atoms with Gasteiger partial charge in [0.1, 0.15) is 0 Å². The molecule has 0 bridgehead atoms. The minimum atomic E-state index is -0.241. The van der Waals surface area contributed by atoms with Crippen molar-refractivity contribution in [3.63, 3.8) is 0 Å². The molecular weight excluding hydrogens is 260 g/mol. The van der Waals surface area contributed by atoms with Crippen molar-refractivity contribution in [2.75, 3.05) is 25.6 Å². The lowest BCUT2D eigenvalue weighted by atomic mass is 10.1. The van der Waals surface area contributed by atoms with Crippen LogP contribution < -0.4 is 10.6 Å². The van der Waals surface area contributed by atoms with Crippen molar-refractivity contribution in [3.05, 3.63) is 29.8 Å². The molecule has 1 unspecified atom stereocenters. The summed E-state index contributed by atoms with van der Waals surface area (Å²) in [6.07, 6.45) is 0.434. The van der Waals surface area contributed by atoms with E-state index in [0.717, 1.165) is 0 Å². The maximum Gasteiger partial charge on any atom is 0.251 e.